The Hall–Kier alpha value is -0.970. The molecule has 5 heteroatoms. The van der Waals surface area contributed by atoms with Gasteiger partial charge in [-0.1, -0.05) is 11.8 Å². The van der Waals surface area contributed by atoms with Crippen LogP contribution in [-0.2, 0) is 0 Å². The van der Waals surface area contributed by atoms with Gasteiger partial charge >= 0.3 is 0 Å². The second kappa shape index (κ2) is 5.05. The Bertz CT molecular complexity index is 275. The van der Waals surface area contributed by atoms with Gasteiger partial charge in [0.05, 0.1) is 12.9 Å². The first kappa shape index (κ1) is 9.58. The van der Waals surface area contributed by atoms with Crippen LogP contribution in [0.2, 0.25) is 0 Å². The summed E-state index contributed by atoms with van der Waals surface area (Å²) in [6, 6.07) is 0.562. The minimum atomic E-state index is 0.562. The van der Waals surface area contributed by atoms with Crippen molar-refractivity contribution in [2.45, 2.75) is 24.0 Å². The van der Waals surface area contributed by atoms with Gasteiger partial charge in [0.25, 0.3) is 0 Å². The molecule has 2 rings (SSSR count). The molecular weight excluding hydrogens is 196 g/mol. The van der Waals surface area contributed by atoms with Gasteiger partial charge in [0.15, 0.2) is 5.16 Å². The molecule has 76 valence electrons. The molecule has 2 N–H and O–H groups in total. The number of nitrogens with zero attached hydrogens (tertiary/aromatic N) is 2. The summed E-state index contributed by atoms with van der Waals surface area (Å²) in [6.07, 6.45) is 7.84. The summed E-state index contributed by atoms with van der Waals surface area (Å²) in [5, 5.41) is 4.24. The fourth-order valence-electron chi connectivity index (χ4n) is 1.39. The molecule has 0 saturated carbocycles. The number of hydrogen-bond acceptors (Lipinski definition) is 4. The van der Waals surface area contributed by atoms with Gasteiger partial charge in [-0.2, -0.15) is 0 Å². The van der Waals surface area contributed by atoms with Crippen molar-refractivity contribution < 1.29 is 0 Å². The number of aromatic nitrogens is 2. The number of thioether (sulfide) groups is 1. The molecule has 0 aliphatic carbocycles. The highest BCUT2D eigenvalue weighted by molar-refractivity contribution is 7.99. The van der Waals surface area contributed by atoms with Crippen molar-refractivity contribution in [3.63, 3.8) is 0 Å². The van der Waals surface area contributed by atoms with E-state index in [1.807, 2.05) is 12.5 Å². The van der Waals surface area contributed by atoms with Crippen LogP contribution in [0, 0.1) is 0 Å². The molecule has 0 radical (unpaired) electrons. The van der Waals surface area contributed by atoms with E-state index in [0.29, 0.717) is 6.04 Å². The second-order valence-corrected chi connectivity index (χ2v) is 4.33. The number of hydrogen-bond donors (Lipinski definition) is 2. The summed E-state index contributed by atoms with van der Waals surface area (Å²) in [4.78, 5) is 11.4. The van der Waals surface area contributed by atoms with Crippen molar-refractivity contribution >= 4 is 18.1 Å². The van der Waals surface area contributed by atoms with E-state index in [9.17, 15) is 0 Å². The van der Waals surface area contributed by atoms with Crippen LogP contribution in [0.4, 0.5) is 0 Å². The fraction of sp³-hybridized carbons (Fsp3) is 0.556. The zero-order valence-electron chi connectivity index (χ0n) is 7.94. The third-order valence-corrected chi connectivity index (χ3v) is 3.13. The molecule has 0 fully saturated rings. The van der Waals surface area contributed by atoms with Crippen molar-refractivity contribution in [3.8, 4) is 0 Å². The van der Waals surface area contributed by atoms with Gasteiger partial charge in [-0.15, -0.1) is 0 Å². The Labute approximate surface area is 87.6 Å². The Morgan fingerprint density at radius 3 is 3.29 bits per heavy atom. The molecule has 2 heterocycles. The van der Waals surface area contributed by atoms with Crippen molar-refractivity contribution in [1.82, 2.24) is 15.3 Å². The van der Waals surface area contributed by atoms with Crippen LogP contribution in [0.15, 0.2) is 22.5 Å². The molecule has 0 spiro atoms. The Morgan fingerprint density at radius 1 is 1.57 bits per heavy atom. The molecular formula is C9H14N4S. The van der Waals surface area contributed by atoms with Crippen molar-refractivity contribution in [2.75, 3.05) is 12.3 Å². The predicted octanol–water partition coefficient (Wildman–Crippen LogP) is 1.28. The van der Waals surface area contributed by atoms with Gasteiger partial charge in [-0.25, -0.2) is 4.98 Å². The first-order valence-corrected chi connectivity index (χ1v) is 5.80. The zero-order valence-corrected chi connectivity index (χ0v) is 8.76. The normalized spacial score (nSPS) is 19.9. The minimum Gasteiger partial charge on any atom is -0.372 e. The third kappa shape index (κ3) is 2.77. The summed E-state index contributed by atoms with van der Waals surface area (Å²) in [5.41, 5.74) is 0. The van der Waals surface area contributed by atoms with E-state index in [1.165, 1.54) is 12.8 Å². The molecule has 0 aromatic carbocycles. The first-order chi connectivity index (χ1) is 6.95. The zero-order chi connectivity index (χ0) is 9.64. The van der Waals surface area contributed by atoms with Crippen molar-refractivity contribution in [1.29, 1.82) is 0 Å². The van der Waals surface area contributed by atoms with Crippen LogP contribution in [0.5, 0.6) is 0 Å². The van der Waals surface area contributed by atoms with E-state index in [0.717, 1.165) is 17.5 Å². The van der Waals surface area contributed by atoms with Crippen molar-refractivity contribution in [3.05, 3.63) is 12.4 Å². The number of aromatic amines is 1. The highest BCUT2D eigenvalue weighted by Gasteiger charge is 2.09. The molecule has 0 bridgehead atoms. The maximum absolute atomic E-state index is 4.15. The van der Waals surface area contributed by atoms with E-state index in [2.05, 4.69) is 20.3 Å². The maximum Gasteiger partial charge on any atom is 0.165 e. The van der Waals surface area contributed by atoms with E-state index in [1.54, 1.807) is 18.0 Å². The molecule has 1 atom stereocenters. The van der Waals surface area contributed by atoms with Crippen LogP contribution in [0.3, 0.4) is 0 Å². The summed E-state index contributed by atoms with van der Waals surface area (Å²) < 4.78 is 0. The van der Waals surface area contributed by atoms with Crippen LogP contribution >= 0.6 is 11.8 Å². The number of imidazole rings is 1. The largest absolute Gasteiger partial charge is 0.372 e. The highest BCUT2D eigenvalue weighted by atomic mass is 32.2. The predicted molar refractivity (Wildman–Crippen MR) is 58.8 cm³/mol. The minimum absolute atomic E-state index is 0.562. The number of nitrogens with one attached hydrogen (secondary N) is 2. The van der Waals surface area contributed by atoms with Gasteiger partial charge < -0.3 is 10.3 Å². The maximum atomic E-state index is 4.15. The van der Waals surface area contributed by atoms with Crippen LogP contribution in [0.1, 0.15) is 12.8 Å². The molecule has 14 heavy (non-hydrogen) atoms. The van der Waals surface area contributed by atoms with E-state index in [4.69, 9.17) is 0 Å². The molecule has 1 aliphatic rings. The molecule has 1 aromatic heterocycles. The van der Waals surface area contributed by atoms with Crippen LogP contribution in [-0.4, -0.2) is 34.6 Å². The molecule has 1 aliphatic heterocycles. The van der Waals surface area contributed by atoms with E-state index >= 15 is 0 Å². The topological polar surface area (TPSA) is 53.1 Å². The fourth-order valence-corrected chi connectivity index (χ4v) is 2.18. The smallest absolute Gasteiger partial charge is 0.165 e. The highest BCUT2D eigenvalue weighted by Crippen LogP contribution is 2.14. The second-order valence-electron chi connectivity index (χ2n) is 3.24. The molecule has 0 amide bonds. The Kier molecular flexibility index (Phi) is 3.45. The standard InChI is InChI=1S/C9H14N4S/c1(2-8-6-10-7-13-8)5-14-9-11-3-4-12-9/h3-4,7-8H,1-2,5-6H2,(H,10,13)(H,11,12). The Balaban J connectivity index is 1.55. The third-order valence-electron chi connectivity index (χ3n) is 2.14. The van der Waals surface area contributed by atoms with Gasteiger partial charge in [0.1, 0.15) is 0 Å². The summed E-state index contributed by atoms with van der Waals surface area (Å²) in [7, 11) is 0. The average molecular weight is 210 g/mol. The van der Waals surface area contributed by atoms with Gasteiger partial charge in [-0.05, 0) is 12.8 Å². The summed E-state index contributed by atoms with van der Waals surface area (Å²) in [5.74, 6) is 1.12. The molecule has 4 nitrogen and oxygen atoms in total. The monoisotopic (exact) mass is 210 g/mol. The lowest BCUT2D eigenvalue weighted by molar-refractivity contribution is 0.596. The summed E-state index contributed by atoms with van der Waals surface area (Å²) >= 11 is 1.78. The number of aliphatic imine (C=N–C) groups is 1. The first-order valence-electron chi connectivity index (χ1n) is 4.81. The summed E-state index contributed by atoms with van der Waals surface area (Å²) in [6.45, 7) is 0.936. The van der Waals surface area contributed by atoms with Crippen LogP contribution < -0.4 is 5.32 Å². The quantitative estimate of drug-likeness (QED) is 0.568. The molecule has 1 unspecified atom stereocenters. The van der Waals surface area contributed by atoms with E-state index < -0.39 is 0 Å². The van der Waals surface area contributed by atoms with Gasteiger partial charge in [-0.3, -0.25) is 4.99 Å². The number of rotatable bonds is 5. The SMILES string of the molecule is C1=NCC(CCCSc2ncc[nH]2)N1. The lowest BCUT2D eigenvalue weighted by Crippen LogP contribution is -2.24. The number of H-pyrrole nitrogens is 1. The lowest BCUT2D eigenvalue weighted by Gasteiger charge is -2.07. The van der Waals surface area contributed by atoms with Gasteiger partial charge in [0, 0.05) is 24.2 Å². The Morgan fingerprint density at radius 2 is 2.57 bits per heavy atom. The van der Waals surface area contributed by atoms with E-state index in [-0.39, 0.29) is 0 Å². The van der Waals surface area contributed by atoms with Crippen molar-refractivity contribution in [2.24, 2.45) is 4.99 Å². The van der Waals surface area contributed by atoms with Crippen LogP contribution in [0.25, 0.3) is 0 Å². The average Bonchev–Trinajstić information content (AvgIpc) is 2.86. The lowest BCUT2D eigenvalue weighted by atomic mass is 10.2. The molecule has 1 aromatic rings. The molecule has 0 saturated heterocycles. The van der Waals surface area contributed by atoms with Gasteiger partial charge in [0.2, 0.25) is 0 Å².